The second-order valence-corrected chi connectivity index (χ2v) is 7.41. The van der Waals surface area contributed by atoms with Crippen LogP contribution in [0.15, 0.2) is 23.6 Å². The van der Waals surface area contributed by atoms with Crippen LogP contribution < -0.4 is 0 Å². The first-order valence-electron chi connectivity index (χ1n) is 8.01. The van der Waals surface area contributed by atoms with E-state index in [2.05, 4.69) is 16.3 Å². The maximum atomic E-state index is 13.4. The molecule has 23 heavy (non-hydrogen) atoms. The van der Waals surface area contributed by atoms with Crippen molar-refractivity contribution >= 4 is 11.3 Å². The predicted molar refractivity (Wildman–Crippen MR) is 85.6 cm³/mol. The summed E-state index contributed by atoms with van der Waals surface area (Å²) in [5.74, 6) is 0. The van der Waals surface area contributed by atoms with Crippen molar-refractivity contribution in [3.8, 4) is 0 Å². The number of thiophene rings is 1. The van der Waals surface area contributed by atoms with E-state index >= 15 is 0 Å². The third-order valence-electron chi connectivity index (χ3n) is 4.99. The fourth-order valence-electron chi connectivity index (χ4n) is 3.84. The summed E-state index contributed by atoms with van der Waals surface area (Å²) in [6.07, 6.45) is -0.660. The van der Waals surface area contributed by atoms with Gasteiger partial charge in [0.05, 0.1) is 5.56 Å². The minimum Gasteiger partial charge on any atom is -0.294 e. The van der Waals surface area contributed by atoms with Crippen LogP contribution in [0.3, 0.4) is 0 Å². The Morgan fingerprint density at radius 3 is 2.74 bits per heavy atom. The molecule has 122 valence electrons. The van der Waals surface area contributed by atoms with Crippen LogP contribution in [0.2, 0.25) is 0 Å². The number of aryl methyl sites for hydroxylation is 1. The quantitative estimate of drug-likeness (QED) is 0.760. The summed E-state index contributed by atoms with van der Waals surface area (Å²) >= 11 is 1.71. The van der Waals surface area contributed by atoms with E-state index in [1.54, 1.807) is 17.4 Å². The number of alkyl halides is 3. The number of benzene rings is 1. The number of fused-ring (bicyclic) bond motifs is 2. The third kappa shape index (κ3) is 2.81. The molecule has 1 aromatic heterocycles. The van der Waals surface area contributed by atoms with E-state index in [0.717, 1.165) is 49.9 Å². The van der Waals surface area contributed by atoms with Gasteiger partial charge in [-0.2, -0.15) is 13.2 Å². The standard InChI is InChI=1S/C18H18F3NS/c19-18(20,21)16-5-4-12-2-1-3-14(12)15(16)10-22-8-6-13-7-9-23-17(13)11-22/h4-5,7,9H,1-3,6,8,10-11H2. The van der Waals surface area contributed by atoms with Gasteiger partial charge in [-0.15, -0.1) is 11.3 Å². The summed E-state index contributed by atoms with van der Waals surface area (Å²) in [5.41, 5.74) is 3.52. The predicted octanol–water partition coefficient (Wildman–Crippen LogP) is 4.81. The van der Waals surface area contributed by atoms with Gasteiger partial charge in [-0.05, 0) is 65.4 Å². The molecule has 0 atom stereocenters. The van der Waals surface area contributed by atoms with Crippen molar-refractivity contribution in [2.24, 2.45) is 0 Å². The van der Waals surface area contributed by atoms with Gasteiger partial charge in [0, 0.05) is 24.5 Å². The Labute approximate surface area is 137 Å². The molecule has 0 amide bonds. The van der Waals surface area contributed by atoms with E-state index < -0.39 is 11.7 Å². The molecule has 0 saturated carbocycles. The molecule has 0 unspecified atom stereocenters. The molecule has 0 saturated heterocycles. The van der Waals surface area contributed by atoms with E-state index in [0.29, 0.717) is 12.1 Å². The zero-order valence-corrected chi connectivity index (χ0v) is 13.6. The highest BCUT2D eigenvalue weighted by atomic mass is 32.1. The summed E-state index contributed by atoms with van der Waals surface area (Å²) in [5, 5.41) is 2.08. The van der Waals surface area contributed by atoms with Gasteiger partial charge in [0.1, 0.15) is 0 Å². The highest BCUT2D eigenvalue weighted by molar-refractivity contribution is 7.10. The number of halogens is 3. The van der Waals surface area contributed by atoms with Crippen molar-refractivity contribution < 1.29 is 13.2 Å². The first kappa shape index (κ1) is 15.2. The van der Waals surface area contributed by atoms with Crippen molar-refractivity contribution in [3.63, 3.8) is 0 Å². The maximum Gasteiger partial charge on any atom is 0.416 e. The normalized spacial score (nSPS) is 18.0. The number of hydrogen-bond acceptors (Lipinski definition) is 2. The summed E-state index contributed by atoms with van der Waals surface area (Å²) < 4.78 is 40.3. The molecule has 0 fully saturated rings. The largest absolute Gasteiger partial charge is 0.416 e. The Bertz CT molecular complexity index is 732. The number of nitrogens with zero attached hydrogens (tertiary/aromatic N) is 1. The van der Waals surface area contributed by atoms with Crippen molar-refractivity contribution in [1.82, 2.24) is 4.90 Å². The number of rotatable bonds is 2. The molecular formula is C18H18F3NS. The summed E-state index contributed by atoms with van der Waals surface area (Å²) in [7, 11) is 0. The lowest BCUT2D eigenvalue weighted by atomic mass is 9.96. The lowest BCUT2D eigenvalue weighted by Gasteiger charge is -2.29. The summed E-state index contributed by atoms with van der Waals surface area (Å²) in [6, 6.07) is 5.11. The van der Waals surface area contributed by atoms with E-state index in [1.807, 2.05) is 0 Å². The van der Waals surface area contributed by atoms with Crippen molar-refractivity contribution in [2.45, 2.75) is 44.9 Å². The average Bonchev–Trinajstić information content (AvgIpc) is 3.14. The van der Waals surface area contributed by atoms with E-state index in [-0.39, 0.29) is 0 Å². The number of hydrogen-bond donors (Lipinski definition) is 0. The average molecular weight is 337 g/mol. The van der Waals surface area contributed by atoms with Gasteiger partial charge in [0.15, 0.2) is 0 Å². The Morgan fingerprint density at radius 2 is 1.91 bits per heavy atom. The van der Waals surface area contributed by atoms with Gasteiger partial charge in [-0.1, -0.05) is 6.07 Å². The molecule has 1 aliphatic carbocycles. The van der Waals surface area contributed by atoms with Gasteiger partial charge < -0.3 is 0 Å². The SMILES string of the molecule is FC(F)(F)c1ccc2c(c1CN1CCc3ccsc3C1)CCC2. The Balaban J connectivity index is 1.67. The highest BCUT2D eigenvalue weighted by Crippen LogP contribution is 2.38. The van der Waals surface area contributed by atoms with Crippen LogP contribution in [0.1, 0.15) is 39.1 Å². The van der Waals surface area contributed by atoms with Crippen LogP contribution in [0, 0.1) is 0 Å². The zero-order valence-electron chi connectivity index (χ0n) is 12.7. The maximum absolute atomic E-state index is 13.4. The van der Waals surface area contributed by atoms with E-state index in [1.165, 1.54) is 16.5 Å². The molecule has 0 bridgehead atoms. The molecule has 5 heteroatoms. The molecule has 2 heterocycles. The molecule has 1 aliphatic heterocycles. The zero-order chi connectivity index (χ0) is 16.0. The Morgan fingerprint density at radius 1 is 1.04 bits per heavy atom. The lowest BCUT2D eigenvalue weighted by Crippen LogP contribution is -2.30. The van der Waals surface area contributed by atoms with Crippen LogP contribution in [-0.2, 0) is 38.5 Å². The Kier molecular flexibility index (Phi) is 3.73. The molecule has 2 aromatic rings. The first-order valence-corrected chi connectivity index (χ1v) is 8.89. The second-order valence-electron chi connectivity index (χ2n) is 6.41. The molecular weight excluding hydrogens is 319 g/mol. The van der Waals surface area contributed by atoms with Crippen LogP contribution in [0.5, 0.6) is 0 Å². The lowest BCUT2D eigenvalue weighted by molar-refractivity contribution is -0.138. The van der Waals surface area contributed by atoms with Crippen LogP contribution in [0.25, 0.3) is 0 Å². The molecule has 2 aliphatic rings. The van der Waals surface area contributed by atoms with Crippen LogP contribution in [-0.4, -0.2) is 11.4 Å². The molecule has 0 spiro atoms. The smallest absolute Gasteiger partial charge is 0.294 e. The molecule has 1 nitrogen and oxygen atoms in total. The molecule has 4 rings (SSSR count). The third-order valence-corrected chi connectivity index (χ3v) is 5.94. The van der Waals surface area contributed by atoms with Gasteiger partial charge in [-0.25, -0.2) is 0 Å². The van der Waals surface area contributed by atoms with Crippen molar-refractivity contribution in [1.29, 1.82) is 0 Å². The molecule has 1 aromatic carbocycles. The van der Waals surface area contributed by atoms with E-state index in [9.17, 15) is 13.2 Å². The van der Waals surface area contributed by atoms with Gasteiger partial charge in [0.2, 0.25) is 0 Å². The van der Waals surface area contributed by atoms with Crippen LogP contribution >= 0.6 is 11.3 Å². The van der Waals surface area contributed by atoms with Gasteiger partial charge in [-0.3, -0.25) is 4.90 Å². The monoisotopic (exact) mass is 337 g/mol. The van der Waals surface area contributed by atoms with Gasteiger partial charge in [0.25, 0.3) is 0 Å². The molecule has 0 N–H and O–H groups in total. The fourth-order valence-corrected chi connectivity index (χ4v) is 4.81. The van der Waals surface area contributed by atoms with Crippen molar-refractivity contribution in [3.05, 3.63) is 56.3 Å². The van der Waals surface area contributed by atoms with Crippen molar-refractivity contribution in [2.75, 3.05) is 6.54 Å². The minimum absolute atomic E-state index is 0.412. The topological polar surface area (TPSA) is 3.24 Å². The summed E-state index contributed by atoms with van der Waals surface area (Å²) in [4.78, 5) is 3.47. The first-order chi connectivity index (χ1) is 11.0. The van der Waals surface area contributed by atoms with E-state index in [4.69, 9.17) is 0 Å². The Hall–Kier alpha value is -1.33. The minimum atomic E-state index is -4.27. The summed E-state index contributed by atoms with van der Waals surface area (Å²) in [6.45, 7) is 2.02. The van der Waals surface area contributed by atoms with Gasteiger partial charge >= 0.3 is 6.18 Å². The second kappa shape index (κ2) is 5.64. The molecule has 0 radical (unpaired) electrons. The fraction of sp³-hybridized carbons (Fsp3) is 0.444. The van der Waals surface area contributed by atoms with Crippen LogP contribution in [0.4, 0.5) is 13.2 Å². The highest BCUT2D eigenvalue weighted by Gasteiger charge is 2.36.